The molecule has 7 atom stereocenters. The van der Waals surface area contributed by atoms with Gasteiger partial charge in [-0.2, -0.15) is 0 Å². The number of amides is 2. The van der Waals surface area contributed by atoms with Crippen LogP contribution >= 0.6 is 0 Å². The second-order valence-corrected chi connectivity index (χ2v) is 10.5. The third-order valence-corrected chi connectivity index (χ3v) is 8.68. The number of nitrogens with one attached hydrogen (secondary N) is 2. The fourth-order valence-electron chi connectivity index (χ4n) is 6.88. The zero-order valence-electron chi connectivity index (χ0n) is 18.7. The minimum Gasteiger partial charge on any atom is -0.486 e. The Kier molecular flexibility index (Phi) is 5.27. The van der Waals surface area contributed by atoms with Crippen LogP contribution in [0.25, 0.3) is 0 Å². The Balaban J connectivity index is 1.15. The monoisotopic (exact) mass is 438 g/mol. The Hall–Kier alpha value is -2.24. The van der Waals surface area contributed by atoms with E-state index in [1.807, 2.05) is 18.2 Å². The molecule has 0 saturated heterocycles. The summed E-state index contributed by atoms with van der Waals surface area (Å²) in [6, 6.07) is 5.60. The molecular weight excluding hydrogens is 404 g/mol. The number of rotatable bonds is 6. The third-order valence-electron chi connectivity index (χ3n) is 8.68. The lowest BCUT2D eigenvalue weighted by Crippen LogP contribution is -2.39. The van der Waals surface area contributed by atoms with Crippen molar-refractivity contribution in [2.75, 3.05) is 19.8 Å². The molecule has 172 valence electrons. The molecule has 2 amide bonds. The summed E-state index contributed by atoms with van der Waals surface area (Å²) < 4.78 is 11.4. The molecule has 2 unspecified atom stereocenters. The highest BCUT2D eigenvalue weighted by Crippen LogP contribution is 2.56. The zero-order chi connectivity index (χ0) is 21.7. The van der Waals surface area contributed by atoms with Crippen molar-refractivity contribution in [1.29, 1.82) is 0 Å². The second-order valence-electron chi connectivity index (χ2n) is 10.5. The highest BCUT2D eigenvalue weighted by molar-refractivity contribution is 5.84. The first kappa shape index (κ1) is 20.4. The normalized spacial score (nSPS) is 35.0. The minimum atomic E-state index is -0.259. The van der Waals surface area contributed by atoms with Gasteiger partial charge in [-0.1, -0.05) is 31.7 Å². The van der Waals surface area contributed by atoms with Gasteiger partial charge >= 0.3 is 0 Å². The van der Waals surface area contributed by atoms with Crippen LogP contribution in [0.2, 0.25) is 0 Å². The van der Waals surface area contributed by atoms with Crippen molar-refractivity contribution in [3.8, 4) is 11.5 Å². The van der Waals surface area contributed by atoms with Crippen LogP contribution < -0.4 is 20.1 Å². The molecule has 0 spiro atoms. The van der Waals surface area contributed by atoms with E-state index in [0.29, 0.717) is 49.2 Å². The average Bonchev–Trinajstić information content (AvgIpc) is 3.74. The predicted octanol–water partition coefficient (Wildman–Crippen LogP) is 3.60. The molecule has 6 nitrogen and oxygen atoms in total. The van der Waals surface area contributed by atoms with E-state index < -0.39 is 0 Å². The van der Waals surface area contributed by atoms with E-state index in [0.717, 1.165) is 11.3 Å². The number of benzene rings is 1. The molecule has 1 heterocycles. The van der Waals surface area contributed by atoms with Gasteiger partial charge in [-0.15, -0.1) is 0 Å². The Labute approximate surface area is 189 Å². The summed E-state index contributed by atoms with van der Waals surface area (Å²) in [5, 5.41) is 6.47. The van der Waals surface area contributed by atoms with E-state index >= 15 is 0 Å². The topological polar surface area (TPSA) is 76.7 Å². The van der Waals surface area contributed by atoms with Crippen LogP contribution in [0, 0.1) is 35.5 Å². The van der Waals surface area contributed by atoms with Crippen LogP contribution in [0.5, 0.6) is 11.5 Å². The molecule has 6 rings (SSSR count). The molecule has 0 bridgehead atoms. The summed E-state index contributed by atoms with van der Waals surface area (Å²) in [6.45, 7) is 1.50. The molecule has 4 saturated carbocycles. The highest BCUT2D eigenvalue weighted by Gasteiger charge is 2.56. The minimum absolute atomic E-state index is 0.149. The molecule has 6 heteroatoms. The number of ether oxygens (including phenoxy) is 2. The second kappa shape index (κ2) is 8.27. The van der Waals surface area contributed by atoms with Crippen molar-refractivity contribution in [2.45, 2.75) is 57.4 Å². The SMILES string of the molecule is O=C(NC[C@H](NC(=O)C1[C@H]2CCCC[C@@H]12)c1ccc2c(c1)OCCO2)C1[C@H]2CCCC[C@@H]12. The molecule has 0 radical (unpaired) electrons. The summed E-state index contributed by atoms with van der Waals surface area (Å²) in [6.07, 6.45) is 9.74. The van der Waals surface area contributed by atoms with Gasteiger partial charge in [0.15, 0.2) is 11.5 Å². The molecule has 5 aliphatic rings. The molecule has 2 N–H and O–H groups in total. The Morgan fingerprint density at radius 2 is 1.38 bits per heavy atom. The van der Waals surface area contributed by atoms with Crippen LogP contribution in [-0.4, -0.2) is 31.6 Å². The van der Waals surface area contributed by atoms with Gasteiger partial charge in [-0.3, -0.25) is 9.59 Å². The zero-order valence-corrected chi connectivity index (χ0v) is 18.7. The summed E-state index contributed by atoms with van der Waals surface area (Å²) in [4.78, 5) is 26.1. The van der Waals surface area contributed by atoms with Crippen molar-refractivity contribution in [2.24, 2.45) is 35.5 Å². The molecule has 1 aliphatic heterocycles. The van der Waals surface area contributed by atoms with Gasteiger partial charge in [0, 0.05) is 18.4 Å². The maximum atomic E-state index is 13.2. The Bertz CT molecular complexity index is 878. The lowest BCUT2D eigenvalue weighted by Gasteiger charge is -2.23. The van der Waals surface area contributed by atoms with E-state index in [-0.39, 0.29) is 29.7 Å². The van der Waals surface area contributed by atoms with Gasteiger partial charge in [0.05, 0.1) is 6.04 Å². The summed E-state index contributed by atoms with van der Waals surface area (Å²) >= 11 is 0. The fourth-order valence-corrected chi connectivity index (χ4v) is 6.88. The van der Waals surface area contributed by atoms with Crippen LogP contribution in [0.15, 0.2) is 18.2 Å². The van der Waals surface area contributed by atoms with Crippen molar-refractivity contribution < 1.29 is 19.1 Å². The van der Waals surface area contributed by atoms with Crippen molar-refractivity contribution >= 4 is 11.8 Å². The van der Waals surface area contributed by atoms with Crippen LogP contribution in [0.4, 0.5) is 0 Å². The molecule has 1 aromatic carbocycles. The lowest BCUT2D eigenvalue weighted by atomic mass is 10.0. The number of hydrogen-bond donors (Lipinski definition) is 2. The van der Waals surface area contributed by atoms with E-state index in [2.05, 4.69) is 10.6 Å². The van der Waals surface area contributed by atoms with Crippen molar-refractivity contribution in [3.05, 3.63) is 23.8 Å². The van der Waals surface area contributed by atoms with Crippen molar-refractivity contribution in [1.82, 2.24) is 10.6 Å². The quantitative estimate of drug-likeness (QED) is 0.712. The number of carbonyl (C=O) groups is 2. The van der Waals surface area contributed by atoms with Gasteiger partial charge in [0.1, 0.15) is 13.2 Å². The summed E-state index contributed by atoms with van der Waals surface area (Å²) in [5.74, 6) is 4.40. The number of carbonyl (C=O) groups excluding carboxylic acids is 2. The first-order chi connectivity index (χ1) is 15.7. The lowest BCUT2D eigenvalue weighted by molar-refractivity contribution is -0.125. The maximum absolute atomic E-state index is 13.2. The largest absolute Gasteiger partial charge is 0.486 e. The standard InChI is InChI=1S/C26H34N2O4/c29-25(23-16-5-1-2-6-17(16)23)27-14-20(15-9-10-21-22(13-15)32-12-11-31-21)28-26(30)24-18-7-3-4-8-19(18)24/h9-10,13,16-20,23-24H,1-8,11-12,14H2,(H,27,29)(H,28,30)/t16-,17+,18-,19+,20-,23?,24?/m0/s1. The average molecular weight is 439 g/mol. The van der Waals surface area contributed by atoms with Crippen LogP contribution in [0.3, 0.4) is 0 Å². The molecule has 0 aromatic heterocycles. The van der Waals surface area contributed by atoms with E-state index in [1.54, 1.807) is 0 Å². The van der Waals surface area contributed by atoms with E-state index in [1.165, 1.54) is 51.4 Å². The summed E-state index contributed by atoms with van der Waals surface area (Å²) in [7, 11) is 0. The van der Waals surface area contributed by atoms with Crippen molar-refractivity contribution in [3.63, 3.8) is 0 Å². The van der Waals surface area contributed by atoms with Gasteiger partial charge in [0.2, 0.25) is 11.8 Å². The molecule has 4 fully saturated rings. The first-order valence-electron chi connectivity index (χ1n) is 12.7. The number of hydrogen-bond acceptors (Lipinski definition) is 4. The summed E-state index contributed by atoms with van der Waals surface area (Å²) in [5.41, 5.74) is 0.958. The smallest absolute Gasteiger partial charge is 0.224 e. The fraction of sp³-hybridized carbons (Fsp3) is 0.692. The maximum Gasteiger partial charge on any atom is 0.224 e. The number of fused-ring (bicyclic) bond motifs is 3. The van der Waals surface area contributed by atoms with E-state index in [9.17, 15) is 9.59 Å². The highest BCUT2D eigenvalue weighted by atomic mass is 16.6. The molecular formula is C26H34N2O4. The van der Waals surface area contributed by atoms with E-state index in [4.69, 9.17) is 9.47 Å². The van der Waals surface area contributed by atoms with Gasteiger partial charge < -0.3 is 20.1 Å². The van der Waals surface area contributed by atoms with Gasteiger partial charge in [-0.25, -0.2) is 0 Å². The van der Waals surface area contributed by atoms with Gasteiger partial charge in [0.25, 0.3) is 0 Å². The van der Waals surface area contributed by atoms with Crippen LogP contribution in [0.1, 0.15) is 63.0 Å². The van der Waals surface area contributed by atoms with Crippen LogP contribution in [-0.2, 0) is 9.59 Å². The van der Waals surface area contributed by atoms with Gasteiger partial charge in [-0.05, 0) is 67.1 Å². The predicted molar refractivity (Wildman–Crippen MR) is 119 cm³/mol. The Morgan fingerprint density at radius 3 is 2.00 bits per heavy atom. The molecule has 1 aromatic rings. The molecule has 4 aliphatic carbocycles. The first-order valence-corrected chi connectivity index (χ1v) is 12.7. The molecule has 32 heavy (non-hydrogen) atoms. The Morgan fingerprint density at radius 1 is 0.812 bits per heavy atom. The third kappa shape index (κ3) is 3.75.